The van der Waals surface area contributed by atoms with Crippen molar-refractivity contribution in [1.29, 1.82) is 0 Å². The van der Waals surface area contributed by atoms with E-state index in [1.54, 1.807) is 11.8 Å². The smallest absolute Gasteiger partial charge is 0.254 e. The van der Waals surface area contributed by atoms with Gasteiger partial charge >= 0.3 is 0 Å². The number of benzene rings is 2. The summed E-state index contributed by atoms with van der Waals surface area (Å²) in [5.74, 6) is 3.68. The van der Waals surface area contributed by atoms with Crippen LogP contribution < -0.4 is 0 Å². The monoisotopic (exact) mass is 439 g/mol. The molecule has 0 heterocycles. The number of amides is 1. The van der Waals surface area contributed by atoms with Crippen molar-refractivity contribution in [1.82, 2.24) is 4.90 Å². The van der Waals surface area contributed by atoms with Crippen LogP contribution in [0.5, 0.6) is 0 Å². The molecule has 4 fully saturated rings. The third-order valence-electron chi connectivity index (χ3n) is 7.56. The lowest BCUT2D eigenvalue weighted by atomic mass is 9.52. The fraction of sp³-hybridized carbons (Fsp3) is 0.500. The van der Waals surface area contributed by atoms with Gasteiger partial charge in [-0.05, 0) is 105 Å². The third kappa shape index (κ3) is 3.91. The Labute approximate surface area is 189 Å². The van der Waals surface area contributed by atoms with Gasteiger partial charge in [-0.1, -0.05) is 23.7 Å². The van der Waals surface area contributed by atoms with Crippen LogP contribution in [0.4, 0.5) is 0 Å². The van der Waals surface area contributed by atoms with E-state index < -0.39 is 0 Å². The van der Waals surface area contributed by atoms with Crippen LogP contribution in [-0.2, 0) is 5.75 Å². The first-order valence-corrected chi connectivity index (χ1v) is 12.7. The standard InChI is InChI=1S/C26H30ClNOS/c1-2-28(26-14-19-11-20(15-26)13-21(12-19)16-26)25(29)22-5-3-18(4-6-22)17-30-24-9-7-23(27)8-10-24/h3-10,19-21H,2,11-17H2,1H3. The summed E-state index contributed by atoms with van der Waals surface area (Å²) in [7, 11) is 0. The van der Waals surface area contributed by atoms with Gasteiger partial charge in [-0.15, -0.1) is 11.8 Å². The molecule has 2 aromatic carbocycles. The van der Waals surface area contributed by atoms with E-state index in [-0.39, 0.29) is 11.4 Å². The Bertz CT molecular complexity index is 872. The third-order valence-corrected chi connectivity index (χ3v) is 8.90. The van der Waals surface area contributed by atoms with E-state index in [9.17, 15) is 4.79 Å². The highest BCUT2D eigenvalue weighted by molar-refractivity contribution is 7.98. The molecular weight excluding hydrogens is 410 g/mol. The van der Waals surface area contributed by atoms with E-state index in [4.69, 9.17) is 11.6 Å². The molecule has 0 atom stereocenters. The fourth-order valence-electron chi connectivity index (χ4n) is 6.69. The molecule has 158 valence electrons. The van der Waals surface area contributed by atoms with Crippen molar-refractivity contribution in [3.63, 3.8) is 0 Å². The normalized spacial score (nSPS) is 29.2. The average molecular weight is 440 g/mol. The summed E-state index contributed by atoms with van der Waals surface area (Å²) in [5.41, 5.74) is 2.21. The van der Waals surface area contributed by atoms with Crippen LogP contribution in [-0.4, -0.2) is 22.9 Å². The molecule has 4 saturated carbocycles. The zero-order valence-corrected chi connectivity index (χ0v) is 19.2. The van der Waals surface area contributed by atoms with E-state index in [0.29, 0.717) is 0 Å². The molecule has 0 aliphatic heterocycles. The zero-order valence-electron chi connectivity index (χ0n) is 17.6. The Kier molecular flexibility index (Phi) is 5.62. The minimum absolute atomic E-state index is 0.129. The maximum absolute atomic E-state index is 13.5. The molecule has 30 heavy (non-hydrogen) atoms. The van der Waals surface area contributed by atoms with Crippen LogP contribution in [0.25, 0.3) is 0 Å². The lowest BCUT2D eigenvalue weighted by molar-refractivity contribution is -0.0731. The molecule has 0 unspecified atom stereocenters. The van der Waals surface area contributed by atoms with Crippen molar-refractivity contribution in [2.24, 2.45) is 17.8 Å². The van der Waals surface area contributed by atoms with E-state index in [0.717, 1.165) is 40.6 Å². The van der Waals surface area contributed by atoms with Crippen molar-refractivity contribution in [2.45, 2.75) is 61.6 Å². The maximum Gasteiger partial charge on any atom is 0.254 e. The van der Waals surface area contributed by atoms with Crippen LogP contribution in [0.3, 0.4) is 0 Å². The molecule has 0 aromatic heterocycles. The number of carbonyl (C=O) groups excluding carboxylic acids is 1. The van der Waals surface area contributed by atoms with Crippen LogP contribution >= 0.6 is 23.4 Å². The van der Waals surface area contributed by atoms with Crippen molar-refractivity contribution < 1.29 is 4.79 Å². The number of rotatable bonds is 6. The Hall–Kier alpha value is -1.45. The molecule has 4 heteroatoms. The summed E-state index contributed by atoms with van der Waals surface area (Å²) in [6.07, 6.45) is 7.91. The van der Waals surface area contributed by atoms with Gasteiger partial charge < -0.3 is 4.90 Å². The second-order valence-corrected chi connectivity index (χ2v) is 11.1. The molecule has 1 amide bonds. The number of hydrogen-bond acceptors (Lipinski definition) is 2. The first-order chi connectivity index (χ1) is 14.5. The lowest BCUT2D eigenvalue weighted by Gasteiger charge is -2.60. The first-order valence-electron chi connectivity index (χ1n) is 11.3. The fourth-order valence-corrected chi connectivity index (χ4v) is 7.67. The number of thioether (sulfide) groups is 1. The van der Waals surface area contributed by atoms with E-state index in [2.05, 4.69) is 36.1 Å². The molecular formula is C26H30ClNOS. The Balaban J connectivity index is 1.27. The van der Waals surface area contributed by atoms with E-state index in [1.165, 1.54) is 49.0 Å². The van der Waals surface area contributed by atoms with Crippen LogP contribution in [0.1, 0.15) is 61.4 Å². The average Bonchev–Trinajstić information content (AvgIpc) is 2.73. The minimum Gasteiger partial charge on any atom is -0.333 e. The summed E-state index contributed by atoms with van der Waals surface area (Å²) in [4.78, 5) is 17.0. The number of carbonyl (C=O) groups is 1. The molecule has 0 N–H and O–H groups in total. The zero-order chi connectivity index (χ0) is 20.7. The summed E-state index contributed by atoms with van der Waals surface area (Å²) >= 11 is 7.76. The molecule has 2 nitrogen and oxygen atoms in total. The van der Waals surface area contributed by atoms with Gasteiger partial charge in [0.05, 0.1) is 0 Å². The highest BCUT2D eigenvalue weighted by Gasteiger charge is 2.54. The minimum atomic E-state index is 0.129. The Morgan fingerprint density at radius 1 is 0.967 bits per heavy atom. The van der Waals surface area contributed by atoms with Gasteiger partial charge in [0.15, 0.2) is 0 Å². The van der Waals surface area contributed by atoms with Gasteiger partial charge in [-0.25, -0.2) is 0 Å². The highest BCUT2D eigenvalue weighted by Crippen LogP contribution is 2.58. The van der Waals surface area contributed by atoms with Gasteiger partial charge in [0.1, 0.15) is 0 Å². The van der Waals surface area contributed by atoms with Gasteiger partial charge in [0.25, 0.3) is 5.91 Å². The second kappa shape index (κ2) is 8.24. The number of nitrogens with zero attached hydrogens (tertiary/aromatic N) is 1. The van der Waals surface area contributed by atoms with Crippen molar-refractivity contribution in [3.05, 3.63) is 64.7 Å². The molecule has 4 aliphatic rings. The van der Waals surface area contributed by atoms with Gasteiger partial charge in [-0.2, -0.15) is 0 Å². The number of halogens is 1. The topological polar surface area (TPSA) is 20.3 Å². The molecule has 6 rings (SSSR count). The lowest BCUT2D eigenvalue weighted by Crippen LogP contribution is -2.61. The van der Waals surface area contributed by atoms with Crippen LogP contribution in [0, 0.1) is 17.8 Å². The predicted octanol–water partition coefficient (Wildman–Crippen LogP) is 7.06. The molecule has 2 aromatic rings. The van der Waals surface area contributed by atoms with Crippen molar-refractivity contribution in [2.75, 3.05) is 6.54 Å². The quantitative estimate of drug-likeness (QED) is 0.449. The van der Waals surface area contributed by atoms with Gasteiger partial charge in [0.2, 0.25) is 0 Å². The first kappa shape index (κ1) is 20.5. The van der Waals surface area contributed by atoms with Crippen molar-refractivity contribution >= 4 is 29.3 Å². The van der Waals surface area contributed by atoms with Gasteiger partial charge in [0, 0.05) is 33.3 Å². The Morgan fingerprint density at radius 3 is 2.07 bits per heavy atom. The highest BCUT2D eigenvalue weighted by atomic mass is 35.5. The molecule has 0 radical (unpaired) electrons. The molecule has 0 spiro atoms. The summed E-state index contributed by atoms with van der Waals surface area (Å²) in [5, 5.41) is 0.765. The summed E-state index contributed by atoms with van der Waals surface area (Å²) < 4.78 is 0. The van der Waals surface area contributed by atoms with Crippen LogP contribution in [0.15, 0.2) is 53.4 Å². The van der Waals surface area contributed by atoms with Gasteiger partial charge in [-0.3, -0.25) is 4.79 Å². The maximum atomic E-state index is 13.5. The van der Waals surface area contributed by atoms with Crippen molar-refractivity contribution in [3.8, 4) is 0 Å². The SMILES string of the molecule is CCN(C(=O)c1ccc(CSc2ccc(Cl)cc2)cc1)C12CC3CC(CC(C3)C1)C2. The number of hydrogen-bond donors (Lipinski definition) is 0. The van der Waals surface area contributed by atoms with Crippen LogP contribution in [0.2, 0.25) is 5.02 Å². The second-order valence-electron chi connectivity index (χ2n) is 9.63. The summed E-state index contributed by atoms with van der Waals surface area (Å²) in [6.45, 7) is 2.98. The summed E-state index contributed by atoms with van der Waals surface area (Å²) in [6, 6.07) is 16.2. The molecule has 4 aliphatic carbocycles. The van der Waals surface area contributed by atoms with E-state index in [1.807, 2.05) is 24.3 Å². The molecule has 0 saturated heterocycles. The van der Waals surface area contributed by atoms with E-state index >= 15 is 0 Å². The largest absolute Gasteiger partial charge is 0.333 e. The Morgan fingerprint density at radius 2 is 1.53 bits per heavy atom. The predicted molar refractivity (Wildman–Crippen MR) is 125 cm³/mol. The molecule has 4 bridgehead atoms.